The summed E-state index contributed by atoms with van der Waals surface area (Å²) in [7, 11) is 0. The molecule has 0 N–H and O–H groups in total. The summed E-state index contributed by atoms with van der Waals surface area (Å²) in [5.41, 5.74) is 2.73. The Bertz CT molecular complexity index is 1040. The molecule has 0 radical (unpaired) electrons. The van der Waals surface area contributed by atoms with Gasteiger partial charge < -0.3 is 0 Å². The molecule has 0 aliphatic heterocycles. The van der Waals surface area contributed by atoms with E-state index in [2.05, 4.69) is 22.2 Å². The maximum Gasteiger partial charge on any atom is 0.264 e. The van der Waals surface area contributed by atoms with E-state index in [0.717, 1.165) is 18.5 Å². The number of para-hydroxylation sites is 1. The molecular formula is C20H18N4O. The number of hydrogen-bond acceptors (Lipinski definition) is 3. The van der Waals surface area contributed by atoms with Crippen LogP contribution in [0.4, 0.5) is 0 Å². The van der Waals surface area contributed by atoms with Crippen molar-refractivity contribution < 1.29 is 0 Å². The summed E-state index contributed by atoms with van der Waals surface area (Å²) in [6.45, 7) is 0.646. The van der Waals surface area contributed by atoms with Gasteiger partial charge in [-0.25, -0.2) is 9.67 Å². The van der Waals surface area contributed by atoms with Crippen molar-refractivity contribution in [1.82, 2.24) is 19.3 Å². The van der Waals surface area contributed by atoms with Gasteiger partial charge in [-0.1, -0.05) is 48.5 Å². The van der Waals surface area contributed by atoms with E-state index < -0.39 is 0 Å². The number of fused-ring (bicyclic) bond motifs is 1. The van der Waals surface area contributed by atoms with Crippen LogP contribution < -0.4 is 5.56 Å². The lowest BCUT2D eigenvalue weighted by molar-refractivity contribution is 0.617. The van der Waals surface area contributed by atoms with Gasteiger partial charge in [-0.2, -0.15) is 5.10 Å². The third-order valence-corrected chi connectivity index (χ3v) is 4.26. The second kappa shape index (κ2) is 6.73. The fourth-order valence-electron chi connectivity index (χ4n) is 2.96. The summed E-state index contributed by atoms with van der Waals surface area (Å²) in [6, 6.07) is 20.0. The smallest absolute Gasteiger partial charge is 0.264 e. The summed E-state index contributed by atoms with van der Waals surface area (Å²) in [5.74, 6) is 0. The van der Waals surface area contributed by atoms with Crippen LogP contribution in [0.25, 0.3) is 16.7 Å². The van der Waals surface area contributed by atoms with Gasteiger partial charge in [-0.15, -0.1) is 0 Å². The van der Waals surface area contributed by atoms with E-state index in [1.807, 2.05) is 48.5 Å². The van der Waals surface area contributed by atoms with Crippen LogP contribution in [-0.4, -0.2) is 19.3 Å². The van der Waals surface area contributed by atoms with Crippen LogP contribution in [0.5, 0.6) is 0 Å². The third kappa shape index (κ3) is 3.08. The van der Waals surface area contributed by atoms with Crippen LogP contribution in [0.3, 0.4) is 0 Å². The Labute approximate surface area is 145 Å². The van der Waals surface area contributed by atoms with Gasteiger partial charge in [-0.3, -0.25) is 9.36 Å². The highest BCUT2D eigenvalue weighted by Crippen LogP contribution is 2.13. The average Bonchev–Trinajstić information content (AvgIpc) is 3.10. The van der Waals surface area contributed by atoms with Crippen LogP contribution in [0.2, 0.25) is 0 Å². The molecule has 0 spiro atoms. The van der Waals surface area contributed by atoms with Gasteiger partial charge in [0, 0.05) is 6.54 Å². The molecule has 0 unspecified atom stereocenters. The number of nitrogens with zero attached hydrogens (tertiary/aromatic N) is 4. The van der Waals surface area contributed by atoms with Gasteiger partial charge >= 0.3 is 0 Å². The predicted molar refractivity (Wildman–Crippen MR) is 97.9 cm³/mol. The molecule has 5 nitrogen and oxygen atoms in total. The normalized spacial score (nSPS) is 11.0. The van der Waals surface area contributed by atoms with E-state index in [1.165, 1.54) is 5.56 Å². The Hall–Kier alpha value is -3.21. The summed E-state index contributed by atoms with van der Waals surface area (Å²) < 4.78 is 3.37. The van der Waals surface area contributed by atoms with Gasteiger partial charge in [0.25, 0.3) is 5.56 Å². The van der Waals surface area contributed by atoms with E-state index in [4.69, 9.17) is 0 Å². The van der Waals surface area contributed by atoms with Gasteiger partial charge in [0.15, 0.2) is 5.65 Å². The van der Waals surface area contributed by atoms with Crippen molar-refractivity contribution in [2.24, 2.45) is 0 Å². The molecule has 0 amide bonds. The molecule has 0 fully saturated rings. The zero-order valence-electron chi connectivity index (χ0n) is 13.7. The second-order valence-electron chi connectivity index (χ2n) is 5.96. The summed E-state index contributed by atoms with van der Waals surface area (Å²) >= 11 is 0. The average molecular weight is 330 g/mol. The minimum atomic E-state index is -0.0414. The second-order valence-corrected chi connectivity index (χ2v) is 5.96. The highest BCUT2D eigenvalue weighted by atomic mass is 16.1. The van der Waals surface area contributed by atoms with Crippen LogP contribution >= 0.6 is 0 Å². The van der Waals surface area contributed by atoms with Gasteiger partial charge in [0.05, 0.1) is 18.2 Å². The zero-order chi connectivity index (χ0) is 17.1. The third-order valence-electron chi connectivity index (χ3n) is 4.26. The van der Waals surface area contributed by atoms with Crippen molar-refractivity contribution in [3.05, 3.63) is 89.1 Å². The summed E-state index contributed by atoms with van der Waals surface area (Å²) in [5, 5.41) is 4.88. The number of benzene rings is 2. The van der Waals surface area contributed by atoms with Crippen molar-refractivity contribution in [1.29, 1.82) is 0 Å². The molecule has 2 aromatic carbocycles. The molecule has 0 aliphatic rings. The Morgan fingerprint density at radius 1 is 0.920 bits per heavy atom. The van der Waals surface area contributed by atoms with Crippen LogP contribution in [0.15, 0.2) is 78.0 Å². The zero-order valence-corrected chi connectivity index (χ0v) is 13.7. The van der Waals surface area contributed by atoms with Crippen molar-refractivity contribution >= 4 is 11.0 Å². The molecule has 4 aromatic rings. The number of aryl methyl sites for hydroxylation is 2. The first-order valence-electron chi connectivity index (χ1n) is 8.35. The molecule has 25 heavy (non-hydrogen) atoms. The van der Waals surface area contributed by atoms with Crippen molar-refractivity contribution in [3.8, 4) is 5.69 Å². The molecular weight excluding hydrogens is 312 g/mol. The lowest BCUT2D eigenvalue weighted by atomic mass is 10.1. The fourth-order valence-corrected chi connectivity index (χ4v) is 2.96. The molecule has 0 aliphatic carbocycles. The Kier molecular flexibility index (Phi) is 4.12. The van der Waals surface area contributed by atoms with Gasteiger partial charge in [0.2, 0.25) is 0 Å². The highest BCUT2D eigenvalue weighted by molar-refractivity contribution is 5.74. The van der Waals surface area contributed by atoms with E-state index in [-0.39, 0.29) is 5.56 Å². The Balaban J connectivity index is 1.58. The minimum Gasteiger partial charge on any atom is -0.299 e. The number of aromatic nitrogens is 4. The number of hydrogen-bond donors (Lipinski definition) is 0. The molecule has 4 rings (SSSR count). The SMILES string of the molecule is O=c1c2cnn(-c3ccccc3)c2ncn1CCCc1ccccc1. The molecule has 0 bridgehead atoms. The van der Waals surface area contributed by atoms with Crippen molar-refractivity contribution in [2.45, 2.75) is 19.4 Å². The topological polar surface area (TPSA) is 52.7 Å². The lowest BCUT2D eigenvalue weighted by Gasteiger charge is -2.06. The molecule has 0 saturated heterocycles. The Morgan fingerprint density at radius 3 is 2.40 bits per heavy atom. The molecule has 2 heterocycles. The Morgan fingerprint density at radius 2 is 1.64 bits per heavy atom. The quantitative estimate of drug-likeness (QED) is 0.564. The molecule has 2 aromatic heterocycles. The maximum atomic E-state index is 12.7. The van der Waals surface area contributed by atoms with Gasteiger partial charge in [-0.05, 0) is 30.5 Å². The maximum absolute atomic E-state index is 12.7. The van der Waals surface area contributed by atoms with Crippen molar-refractivity contribution in [2.75, 3.05) is 0 Å². The molecule has 0 atom stereocenters. The monoisotopic (exact) mass is 330 g/mol. The molecule has 0 saturated carbocycles. The minimum absolute atomic E-state index is 0.0414. The van der Waals surface area contributed by atoms with E-state index in [9.17, 15) is 4.79 Å². The highest BCUT2D eigenvalue weighted by Gasteiger charge is 2.11. The van der Waals surface area contributed by atoms with Crippen molar-refractivity contribution in [3.63, 3.8) is 0 Å². The lowest BCUT2D eigenvalue weighted by Crippen LogP contribution is -2.20. The number of rotatable bonds is 5. The summed E-state index contributed by atoms with van der Waals surface area (Å²) in [6.07, 6.45) is 5.06. The largest absolute Gasteiger partial charge is 0.299 e. The summed E-state index contributed by atoms with van der Waals surface area (Å²) in [4.78, 5) is 17.2. The van der Waals surface area contributed by atoms with Crippen LogP contribution in [0, 0.1) is 0 Å². The standard InChI is InChI=1S/C20H18N4O/c25-20-18-14-22-24(17-11-5-2-6-12-17)19(18)21-15-23(20)13-7-10-16-8-3-1-4-9-16/h1-6,8-9,11-12,14-15H,7,10,13H2. The first-order valence-corrected chi connectivity index (χ1v) is 8.35. The van der Waals surface area contributed by atoms with E-state index in [0.29, 0.717) is 17.6 Å². The first kappa shape index (κ1) is 15.3. The van der Waals surface area contributed by atoms with E-state index >= 15 is 0 Å². The first-order chi connectivity index (χ1) is 12.3. The molecule has 5 heteroatoms. The van der Waals surface area contributed by atoms with Gasteiger partial charge in [0.1, 0.15) is 5.39 Å². The van der Waals surface area contributed by atoms with Crippen LogP contribution in [-0.2, 0) is 13.0 Å². The fraction of sp³-hybridized carbons (Fsp3) is 0.150. The van der Waals surface area contributed by atoms with Crippen LogP contribution in [0.1, 0.15) is 12.0 Å². The van der Waals surface area contributed by atoms with E-state index in [1.54, 1.807) is 21.8 Å². The predicted octanol–water partition coefficient (Wildman–Crippen LogP) is 3.22. The molecule has 124 valence electrons.